The maximum absolute atomic E-state index is 12.9. The zero-order valence-electron chi connectivity index (χ0n) is 17.6. The Morgan fingerprint density at radius 3 is 2.66 bits per heavy atom. The molecule has 2 aromatic carbocycles. The lowest BCUT2D eigenvalue weighted by Gasteiger charge is -2.25. The molecule has 0 radical (unpaired) electrons. The second-order valence-electron chi connectivity index (χ2n) is 7.10. The summed E-state index contributed by atoms with van der Waals surface area (Å²) in [6, 6.07) is 17.8. The number of sulfonamides is 1. The molecule has 168 valence electrons. The number of benzene rings is 2. The summed E-state index contributed by atoms with van der Waals surface area (Å²) in [4.78, 5) is 13.6. The number of amides is 1. The average Bonchev–Trinajstić information content (AvgIpc) is 3.33. The lowest BCUT2D eigenvalue weighted by atomic mass is 10.1. The molecule has 0 aliphatic carbocycles. The van der Waals surface area contributed by atoms with Crippen LogP contribution in [0.5, 0.6) is 5.75 Å². The zero-order valence-corrected chi connectivity index (χ0v) is 19.2. The van der Waals surface area contributed by atoms with Crippen molar-refractivity contribution in [1.82, 2.24) is 4.31 Å². The van der Waals surface area contributed by atoms with Gasteiger partial charge in [0.25, 0.3) is 15.9 Å². The van der Waals surface area contributed by atoms with Crippen LogP contribution in [0.15, 0.2) is 64.9 Å². The first-order valence-corrected chi connectivity index (χ1v) is 12.6. The molecule has 1 fully saturated rings. The molecule has 4 rings (SSSR count). The summed E-state index contributed by atoms with van der Waals surface area (Å²) in [6.07, 6.45) is 0. The van der Waals surface area contributed by atoms with Crippen molar-refractivity contribution >= 4 is 33.0 Å². The highest BCUT2D eigenvalue weighted by Crippen LogP contribution is 2.33. The van der Waals surface area contributed by atoms with Crippen LogP contribution in [0.4, 0.5) is 5.69 Å². The lowest BCUT2D eigenvalue weighted by molar-refractivity contribution is 0.0731. The molecular formula is C23H24N2O5S2. The van der Waals surface area contributed by atoms with Crippen LogP contribution in [0.2, 0.25) is 0 Å². The monoisotopic (exact) mass is 472 g/mol. The van der Waals surface area contributed by atoms with Gasteiger partial charge in [-0.3, -0.25) is 4.79 Å². The Balaban J connectivity index is 1.54. The van der Waals surface area contributed by atoms with Gasteiger partial charge < -0.3 is 14.8 Å². The molecule has 1 saturated heterocycles. The predicted octanol–water partition coefficient (Wildman–Crippen LogP) is 4.09. The van der Waals surface area contributed by atoms with Gasteiger partial charge in [0, 0.05) is 23.5 Å². The Morgan fingerprint density at radius 1 is 1.09 bits per heavy atom. The fourth-order valence-electron chi connectivity index (χ4n) is 3.39. The van der Waals surface area contributed by atoms with Crippen molar-refractivity contribution in [1.29, 1.82) is 0 Å². The van der Waals surface area contributed by atoms with Gasteiger partial charge in [0.15, 0.2) is 0 Å². The minimum Gasteiger partial charge on any atom is -0.492 e. The fourth-order valence-corrected chi connectivity index (χ4v) is 6.25. The van der Waals surface area contributed by atoms with Crippen LogP contribution in [-0.4, -0.2) is 51.5 Å². The molecule has 0 atom stereocenters. The number of anilines is 1. The standard InChI is InChI=1S/C23H24N2O5S2/c1-2-30-20-9-4-3-8-19(20)24-23(26)18-7-5-6-17(16-18)21-10-11-22(31-21)32(27,28)25-12-14-29-15-13-25/h3-11,16H,2,12-15H2,1H3,(H,24,26). The van der Waals surface area contributed by atoms with E-state index < -0.39 is 10.0 Å². The summed E-state index contributed by atoms with van der Waals surface area (Å²) < 4.78 is 38.4. The molecule has 32 heavy (non-hydrogen) atoms. The second kappa shape index (κ2) is 9.83. The highest BCUT2D eigenvalue weighted by atomic mass is 32.2. The third kappa shape index (κ3) is 4.86. The first kappa shape index (κ1) is 22.5. The molecule has 0 bridgehead atoms. The number of carbonyl (C=O) groups excluding carboxylic acids is 1. The number of nitrogens with one attached hydrogen (secondary N) is 1. The van der Waals surface area contributed by atoms with Gasteiger partial charge in [0.05, 0.1) is 25.5 Å². The van der Waals surface area contributed by atoms with Gasteiger partial charge in [-0.25, -0.2) is 8.42 Å². The highest BCUT2D eigenvalue weighted by molar-refractivity contribution is 7.91. The van der Waals surface area contributed by atoms with Crippen molar-refractivity contribution in [2.24, 2.45) is 0 Å². The zero-order chi connectivity index (χ0) is 22.6. The van der Waals surface area contributed by atoms with Gasteiger partial charge in [0.1, 0.15) is 9.96 Å². The number of hydrogen-bond acceptors (Lipinski definition) is 6. The minimum absolute atomic E-state index is 0.267. The first-order chi connectivity index (χ1) is 15.5. The maximum atomic E-state index is 12.9. The van der Waals surface area contributed by atoms with Gasteiger partial charge in [-0.15, -0.1) is 11.3 Å². The molecule has 1 aliphatic heterocycles. The van der Waals surface area contributed by atoms with Crippen molar-refractivity contribution in [2.75, 3.05) is 38.2 Å². The SMILES string of the molecule is CCOc1ccccc1NC(=O)c1cccc(-c2ccc(S(=O)(=O)N3CCOCC3)s2)c1. The Kier molecular flexibility index (Phi) is 6.90. The molecular weight excluding hydrogens is 448 g/mol. The second-order valence-corrected chi connectivity index (χ2v) is 10.3. The smallest absolute Gasteiger partial charge is 0.255 e. The largest absolute Gasteiger partial charge is 0.492 e. The van der Waals surface area contributed by atoms with E-state index in [9.17, 15) is 13.2 Å². The minimum atomic E-state index is -3.55. The third-order valence-corrected chi connectivity index (χ3v) is 8.49. The Morgan fingerprint density at radius 2 is 1.88 bits per heavy atom. The van der Waals surface area contributed by atoms with Crippen molar-refractivity contribution in [3.8, 4) is 16.2 Å². The van der Waals surface area contributed by atoms with E-state index in [2.05, 4.69) is 5.32 Å². The van der Waals surface area contributed by atoms with E-state index in [4.69, 9.17) is 9.47 Å². The molecule has 1 N–H and O–H groups in total. The fraction of sp³-hybridized carbons (Fsp3) is 0.261. The van der Waals surface area contributed by atoms with E-state index in [1.165, 1.54) is 15.6 Å². The van der Waals surface area contributed by atoms with E-state index in [1.807, 2.05) is 25.1 Å². The van der Waals surface area contributed by atoms with Gasteiger partial charge in [-0.2, -0.15) is 4.31 Å². The number of carbonyl (C=O) groups is 1. The normalized spacial score (nSPS) is 14.8. The number of ether oxygens (including phenoxy) is 2. The quantitative estimate of drug-likeness (QED) is 0.560. The Labute approximate surface area is 191 Å². The predicted molar refractivity (Wildman–Crippen MR) is 125 cm³/mol. The summed E-state index contributed by atoms with van der Waals surface area (Å²) in [5.41, 5.74) is 1.85. The average molecular weight is 473 g/mol. The van der Waals surface area contributed by atoms with Gasteiger partial charge in [-0.1, -0.05) is 24.3 Å². The molecule has 1 amide bonds. The van der Waals surface area contributed by atoms with Crippen LogP contribution in [0.1, 0.15) is 17.3 Å². The Bertz CT molecular complexity index is 1200. The molecule has 7 nitrogen and oxygen atoms in total. The van der Waals surface area contributed by atoms with E-state index >= 15 is 0 Å². The van der Waals surface area contributed by atoms with Crippen LogP contribution in [-0.2, 0) is 14.8 Å². The number of rotatable bonds is 7. The summed E-state index contributed by atoms with van der Waals surface area (Å²) >= 11 is 1.20. The van der Waals surface area contributed by atoms with Crippen molar-refractivity contribution in [3.63, 3.8) is 0 Å². The van der Waals surface area contributed by atoms with Crippen LogP contribution < -0.4 is 10.1 Å². The summed E-state index contributed by atoms with van der Waals surface area (Å²) in [6.45, 7) is 3.90. The molecule has 0 unspecified atom stereocenters. The van der Waals surface area contributed by atoms with Crippen LogP contribution >= 0.6 is 11.3 Å². The molecule has 1 aliphatic rings. The lowest BCUT2D eigenvalue weighted by Crippen LogP contribution is -2.40. The number of thiophene rings is 1. The maximum Gasteiger partial charge on any atom is 0.255 e. The van der Waals surface area contributed by atoms with Crippen molar-refractivity contribution in [2.45, 2.75) is 11.1 Å². The molecule has 3 aromatic rings. The molecule has 9 heteroatoms. The van der Waals surface area contributed by atoms with Gasteiger partial charge in [-0.05, 0) is 48.9 Å². The van der Waals surface area contributed by atoms with E-state index in [1.54, 1.807) is 42.5 Å². The molecule has 1 aromatic heterocycles. The first-order valence-electron chi connectivity index (χ1n) is 10.3. The van der Waals surface area contributed by atoms with Crippen LogP contribution in [0.25, 0.3) is 10.4 Å². The van der Waals surface area contributed by atoms with Crippen LogP contribution in [0, 0.1) is 0 Å². The van der Waals surface area contributed by atoms with Crippen molar-refractivity contribution < 1.29 is 22.7 Å². The summed E-state index contributed by atoms with van der Waals surface area (Å²) in [7, 11) is -3.55. The third-order valence-electron chi connectivity index (χ3n) is 4.99. The van der Waals surface area contributed by atoms with Crippen molar-refractivity contribution in [3.05, 3.63) is 66.2 Å². The van der Waals surface area contributed by atoms with Gasteiger partial charge >= 0.3 is 0 Å². The van der Waals surface area contributed by atoms with E-state index in [-0.39, 0.29) is 10.1 Å². The Hall–Kier alpha value is -2.72. The van der Waals surface area contributed by atoms with E-state index in [0.717, 1.165) is 10.4 Å². The summed E-state index contributed by atoms with van der Waals surface area (Å²) in [5.74, 6) is 0.340. The number of nitrogens with zero attached hydrogens (tertiary/aromatic N) is 1. The highest BCUT2D eigenvalue weighted by Gasteiger charge is 2.28. The molecule has 2 heterocycles. The molecule has 0 saturated carbocycles. The van der Waals surface area contributed by atoms with E-state index in [0.29, 0.717) is 49.9 Å². The van der Waals surface area contributed by atoms with Gasteiger partial charge in [0.2, 0.25) is 0 Å². The number of hydrogen-bond donors (Lipinski definition) is 1. The number of morpholine rings is 1. The van der Waals surface area contributed by atoms with Crippen LogP contribution in [0.3, 0.4) is 0 Å². The topological polar surface area (TPSA) is 84.9 Å². The summed E-state index contributed by atoms with van der Waals surface area (Å²) in [5, 5.41) is 2.89. The molecule has 0 spiro atoms. The number of para-hydroxylation sites is 2.